The van der Waals surface area contributed by atoms with Crippen LogP contribution in [0.1, 0.15) is 41.4 Å². The lowest BCUT2D eigenvalue weighted by atomic mass is 9.89. The van der Waals surface area contributed by atoms with Gasteiger partial charge in [0, 0.05) is 36.0 Å². The summed E-state index contributed by atoms with van der Waals surface area (Å²) < 4.78 is 5.13. The molecule has 34 heavy (non-hydrogen) atoms. The molecule has 2 heterocycles. The molecule has 0 aliphatic carbocycles. The van der Waals surface area contributed by atoms with E-state index in [1.165, 1.54) is 30.7 Å². The number of hydrazone groups is 1. The minimum absolute atomic E-state index is 0.0279. The topological polar surface area (TPSA) is 117 Å². The summed E-state index contributed by atoms with van der Waals surface area (Å²) in [5.74, 6) is -0.0361. The summed E-state index contributed by atoms with van der Waals surface area (Å²) in [5.41, 5.74) is 3.20. The van der Waals surface area contributed by atoms with Crippen molar-refractivity contribution in [1.82, 2.24) is 15.0 Å². The highest BCUT2D eigenvalue weighted by Gasteiger charge is 2.29. The fraction of sp³-hybridized carbons (Fsp3) is 0.240. The van der Waals surface area contributed by atoms with Crippen molar-refractivity contribution in [3.05, 3.63) is 77.9 Å². The van der Waals surface area contributed by atoms with E-state index in [0.29, 0.717) is 24.4 Å². The van der Waals surface area contributed by atoms with Crippen LogP contribution in [0.15, 0.2) is 66.2 Å². The van der Waals surface area contributed by atoms with Crippen LogP contribution >= 0.6 is 0 Å². The van der Waals surface area contributed by atoms with Crippen LogP contribution in [0.4, 0.5) is 5.69 Å². The molecule has 0 spiro atoms. The van der Waals surface area contributed by atoms with Gasteiger partial charge in [-0.15, -0.1) is 0 Å². The van der Waals surface area contributed by atoms with Gasteiger partial charge in [-0.25, -0.2) is 9.99 Å². The third-order valence-corrected chi connectivity index (χ3v) is 5.63. The number of nitrogens with one attached hydrogen (secondary N) is 1. The van der Waals surface area contributed by atoms with Crippen molar-refractivity contribution < 1.29 is 19.4 Å². The van der Waals surface area contributed by atoms with Gasteiger partial charge in [-0.05, 0) is 42.3 Å². The Morgan fingerprint density at radius 3 is 2.65 bits per heavy atom. The molecule has 0 bridgehead atoms. The number of benzene rings is 2. The predicted octanol–water partition coefficient (Wildman–Crippen LogP) is 3.61. The van der Waals surface area contributed by atoms with Crippen LogP contribution in [0.3, 0.4) is 0 Å². The van der Waals surface area contributed by atoms with E-state index in [1.807, 2.05) is 25.1 Å². The van der Waals surface area contributed by atoms with E-state index in [2.05, 4.69) is 20.4 Å². The Hall–Kier alpha value is -4.27. The zero-order chi connectivity index (χ0) is 24.1. The van der Waals surface area contributed by atoms with E-state index in [1.54, 1.807) is 24.3 Å². The summed E-state index contributed by atoms with van der Waals surface area (Å²) in [5, 5.41) is 19.1. The lowest BCUT2D eigenvalue weighted by molar-refractivity contribution is -0.133. The monoisotopic (exact) mass is 459 g/mol. The van der Waals surface area contributed by atoms with Crippen molar-refractivity contribution in [2.75, 3.05) is 12.4 Å². The number of phenols is 1. The molecule has 3 aromatic rings. The lowest BCUT2D eigenvalue weighted by Crippen LogP contribution is -2.36. The average Bonchev–Trinajstić information content (AvgIpc) is 2.86. The zero-order valence-corrected chi connectivity index (χ0v) is 18.9. The molecule has 1 aromatic heterocycles. The predicted molar refractivity (Wildman–Crippen MR) is 127 cm³/mol. The number of aromatic hydroxyl groups is 1. The first-order valence-electron chi connectivity index (χ1n) is 10.9. The second-order valence-corrected chi connectivity index (χ2v) is 7.87. The molecule has 4 rings (SSSR count). The summed E-state index contributed by atoms with van der Waals surface area (Å²) in [6.45, 7) is 2.31. The summed E-state index contributed by atoms with van der Waals surface area (Å²) in [6, 6.07) is 12.3. The van der Waals surface area contributed by atoms with E-state index >= 15 is 0 Å². The van der Waals surface area contributed by atoms with E-state index < -0.39 is 0 Å². The summed E-state index contributed by atoms with van der Waals surface area (Å²) >= 11 is 0. The molecule has 2 N–H and O–H groups in total. The number of rotatable bonds is 7. The van der Waals surface area contributed by atoms with Crippen LogP contribution in [0.25, 0.3) is 0 Å². The number of anilines is 1. The highest BCUT2D eigenvalue weighted by molar-refractivity contribution is 6.06. The molecule has 1 unspecified atom stereocenters. The molecule has 1 atom stereocenters. The van der Waals surface area contributed by atoms with Gasteiger partial charge in [0.2, 0.25) is 5.91 Å². The third-order valence-electron chi connectivity index (χ3n) is 5.63. The Bertz CT molecular complexity index is 1210. The number of phenolic OH excluding ortho intramolecular Hbond substituents is 1. The Morgan fingerprint density at radius 1 is 1.21 bits per heavy atom. The Morgan fingerprint density at radius 2 is 2.00 bits per heavy atom. The van der Waals surface area contributed by atoms with E-state index in [4.69, 9.17) is 4.74 Å². The molecule has 174 valence electrons. The van der Waals surface area contributed by atoms with Gasteiger partial charge in [0.1, 0.15) is 5.69 Å². The average molecular weight is 460 g/mol. The first-order chi connectivity index (χ1) is 16.5. The summed E-state index contributed by atoms with van der Waals surface area (Å²) in [7, 11) is 1.49. The number of carbonyl (C=O) groups excluding carboxylic acids is 2. The molecular weight excluding hydrogens is 434 g/mol. The van der Waals surface area contributed by atoms with Crippen LogP contribution in [0, 0.1) is 5.92 Å². The van der Waals surface area contributed by atoms with Gasteiger partial charge in [0.05, 0.1) is 25.6 Å². The number of hydrogen-bond acceptors (Lipinski definition) is 7. The number of carbonyl (C=O) groups is 2. The molecule has 2 aromatic carbocycles. The standard InChI is InChI=1S/C25H25N5O4/c1-3-17-13-23(32)30(29-24(17)18-6-9-22(34-2)21(31)12-18)15-16-4-7-19(8-5-16)28-25(33)20-14-26-10-11-27-20/h4-12,14,17,31H,3,13,15H2,1-2H3,(H,28,33). The number of nitrogens with zero attached hydrogens (tertiary/aromatic N) is 4. The largest absolute Gasteiger partial charge is 0.504 e. The molecule has 0 fully saturated rings. The second kappa shape index (κ2) is 10.1. The van der Waals surface area contributed by atoms with Crippen molar-refractivity contribution in [1.29, 1.82) is 0 Å². The smallest absolute Gasteiger partial charge is 0.275 e. The highest BCUT2D eigenvalue weighted by Crippen LogP contribution is 2.31. The van der Waals surface area contributed by atoms with Gasteiger partial charge >= 0.3 is 0 Å². The number of methoxy groups -OCH3 is 1. The maximum absolute atomic E-state index is 12.8. The normalized spacial score (nSPS) is 15.6. The van der Waals surface area contributed by atoms with E-state index in [-0.39, 0.29) is 29.2 Å². The van der Waals surface area contributed by atoms with E-state index in [0.717, 1.165) is 23.3 Å². The van der Waals surface area contributed by atoms with Crippen LogP contribution in [-0.4, -0.2) is 44.7 Å². The van der Waals surface area contributed by atoms with Gasteiger partial charge in [0.15, 0.2) is 11.5 Å². The minimum Gasteiger partial charge on any atom is -0.504 e. The van der Waals surface area contributed by atoms with Gasteiger partial charge in [-0.2, -0.15) is 5.10 Å². The fourth-order valence-corrected chi connectivity index (χ4v) is 3.76. The molecule has 0 radical (unpaired) electrons. The molecular formula is C25H25N5O4. The number of aromatic nitrogens is 2. The van der Waals surface area contributed by atoms with Crippen LogP contribution in [-0.2, 0) is 11.3 Å². The third kappa shape index (κ3) is 5.03. The highest BCUT2D eigenvalue weighted by atomic mass is 16.5. The molecule has 9 nitrogen and oxygen atoms in total. The Balaban J connectivity index is 1.51. The zero-order valence-electron chi connectivity index (χ0n) is 18.9. The number of ether oxygens (including phenoxy) is 1. The lowest BCUT2D eigenvalue weighted by Gasteiger charge is -2.29. The van der Waals surface area contributed by atoms with Crippen LogP contribution in [0.5, 0.6) is 11.5 Å². The fourth-order valence-electron chi connectivity index (χ4n) is 3.76. The molecule has 0 saturated carbocycles. The van der Waals surface area contributed by atoms with Gasteiger partial charge in [0.25, 0.3) is 5.91 Å². The minimum atomic E-state index is -0.352. The Kier molecular flexibility index (Phi) is 6.82. The number of amides is 2. The second-order valence-electron chi connectivity index (χ2n) is 7.87. The first-order valence-corrected chi connectivity index (χ1v) is 10.9. The van der Waals surface area contributed by atoms with E-state index in [9.17, 15) is 14.7 Å². The van der Waals surface area contributed by atoms with Crippen LogP contribution < -0.4 is 10.1 Å². The van der Waals surface area contributed by atoms with Crippen molar-refractivity contribution in [3.63, 3.8) is 0 Å². The first kappa shape index (κ1) is 22.9. The van der Waals surface area contributed by atoms with Gasteiger partial charge in [-0.3, -0.25) is 14.6 Å². The maximum atomic E-state index is 12.8. The van der Waals surface area contributed by atoms with Crippen LogP contribution in [0.2, 0.25) is 0 Å². The van der Waals surface area contributed by atoms with Crippen molar-refractivity contribution >= 4 is 23.2 Å². The number of hydrogen-bond donors (Lipinski definition) is 2. The van der Waals surface area contributed by atoms with Gasteiger partial charge in [-0.1, -0.05) is 19.1 Å². The Labute approximate surface area is 197 Å². The summed E-state index contributed by atoms with van der Waals surface area (Å²) in [4.78, 5) is 32.9. The van der Waals surface area contributed by atoms with Crippen molar-refractivity contribution in [3.8, 4) is 11.5 Å². The van der Waals surface area contributed by atoms with Crippen molar-refractivity contribution in [2.24, 2.45) is 11.0 Å². The van der Waals surface area contributed by atoms with Crippen molar-refractivity contribution in [2.45, 2.75) is 26.3 Å². The molecule has 0 saturated heterocycles. The summed E-state index contributed by atoms with van der Waals surface area (Å²) in [6.07, 6.45) is 5.45. The molecule has 1 aliphatic rings. The quantitative estimate of drug-likeness (QED) is 0.558. The molecule has 1 aliphatic heterocycles. The molecule has 2 amide bonds. The molecule has 9 heteroatoms. The maximum Gasteiger partial charge on any atom is 0.275 e. The van der Waals surface area contributed by atoms with Gasteiger partial charge < -0.3 is 15.2 Å². The SMILES string of the molecule is CCC1CC(=O)N(Cc2ccc(NC(=O)c3cnccn3)cc2)N=C1c1ccc(OC)c(O)c1.